The van der Waals surface area contributed by atoms with Gasteiger partial charge in [0.1, 0.15) is 0 Å². The maximum atomic E-state index is 13.1. The van der Waals surface area contributed by atoms with E-state index < -0.39 is 0 Å². The van der Waals surface area contributed by atoms with Gasteiger partial charge in [-0.2, -0.15) is 0 Å². The zero-order chi connectivity index (χ0) is 21.1. The van der Waals surface area contributed by atoms with E-state index in [4.69, 9.17) is 11.6 Å². The van der Waals surface area contributed by atoms with Crippen molar-refractivity contribution in [1.82, 2.24) is 14.7 Å². The highest BCUT2D eigenvalue weighted by molar-refractivity contribution is 7.12. The van der Waals surface area contributed by atoms with Crippen LogP contribution in [0.1, 0.15) is 32.9 Å². The maximum Gasteiger partial charge on any atom is 0.264 e. The quantitative estimate of drug-likeness (QED) is 0.728. The summed E-state index contributed by atoms with van der Waals surface area (Å²) in [6.45, 7) is 3.27. The predicted octanol–water partition coefficient (Wildman–Crippen LogP) is 3.24. The number of benzene rings is 1. The average Bonchev–Trinajstić information content (AvgIpc) is 3.33. The van der Waals surface area contributed by atoms with Gasteiger partial charge in [0.25, 0.3) is 11.8 Å². The molecule has 1 aromatic heterocycles. The van der Waals surface area contributed by atoms with E-state index in [0.29, 0.717) is 49.9 Å². The van der Waals surface area contributed by atoms with Crippen LogP contribution >= 0.6 is 22.9 Å². The van der Waals surface area contributed by atoms with Gasteiger partial charge in [-0.15, -0.1) is 11.3 Å². The number of halogens is 1. The second-order valence-electron chi connectivity index (χ2n) is 7.69. The Balaban J connectivity index is 1.33. The van der Waals surface area contributed by atoms with Gasteiger partial charge in [0.05, 0.1) is 10.8 Å². The number of piperidine rings is 1. The first kappa shape index (κ1) is 20.9. The molecule has 0 unspecified atom stereocenters. The number of amides is 3. The van der Waals surface area contributed by atoms with Gasteiger partial charge in [-0.3, -0.25) is 14.4 Å². The van der Waals surface area contributed by atoms with E-state index in [1.165, 1.54) is 11.3 Å². The van der Waals surface area contributed by atoms with Crippen molar-refractivity contribution >= 4 is 40.7 Å². The summed E-state index contributed by atoms with van der Waals surface area (Å²) in [6, 6.07) is 10.6. The lowest BCUT2D eigenvalue weighted by Crippen LogP contribution is -2.54. The molecule has 0 aliphatic carbocycles. The number of rotatable bonds is 3. The van der Waals surface area contributed by atoms with E-state index >= 15 is 0 Å². The normalized spacial score (nSPS) is 19.6. The van der Waals surface area contributed by atoms with Crippen LogP contribution in [0, 0.1) is 5.92 Å². The number of piperazine rings is 1. The molecule has 8 heteroatoms. The molecule has 0 N–H and O–H groups in total. The van der Waals surface area contributed by atoms with E-state index in [-0.39, 0.29) is 23.6 Å². The smallest absolute Gasteiger partial charge is 0.264 e. The topological polar surface area (TPSA) is 60.9 Å². The minimum Gasteiger partial charge on any atom is -0.339 e. The number of carbonyl (C=O) groups is 3. The third kappa shape index (κ3) is 4.52. The molecule has 0 spiro atoms. The second-order valence-corrected chi connectivity index (χ2v) is 9.08. The second kappa shape index (κ2) is 9.18. The molecule has 30 heavy (non-hydrogen) atoms. The van der Waals surface area contributed by atoms with Crippen molar-refractivity contribution in [3.63, 3.8) is 0 Å². The molecule has 6 nitrogen and oxygen atoms in total. The Kier molecular flexibility index (Phi) is 6.39. The Morgan fingerprint density at radius 3 is 2.23 bits per heavy atom. The number of nitrogens with zero attached hydrogens (tertiary/aromatic N) is 3. The molecular formula is C22H24ClN3O3S. The summed E-state index contributed by atoms with van der Waals surface area (Å²) >= 11 is 7.35. The molecule has 1 atom stereocenters. The maximum absolute atomic E-state index is 13.1. The van der Waals surface area contributed by atoms with Gasteiger partial charge in [0.2, 0.25) is 5.91 Å². The first-order valence-corrected chi connectivity index (χ1v) is 11.4. The summed E-state index contributed by atoms with van der Waals surface area (Å²) in [5, 5.41) is 2.49. The molecule has 2 fully saturated rings. The van der Waals surface area contributed by atoms with Crippen LogP contribution in [0.25, 0.3) is 0 Å². The Bertz CT molecular complexity index is 908. The lowest BCUT2D eigenvalue weighted by atomic mass is 9.95. The summed E-state index contributed by atoms with van der Waals surface area (Å²) in [5.74, 6) is -0.119. The van der Waals surface area contributed by atoms with Crippen molar-refractivity contribution in [1.29, 1.82) is 0 Å². The Morgan fingerprint density at radius 2 is 1.57 bits per heavy atom. The highest BCUT2D eigenvalue weighted by Crippen LogP contribution is 2.22. The van der Waals surface area contributed by atoms with Crippen LogP contribution in [0.3, 0.4) is 0 Å². The fourth-order valence-corrected chi connectivity index (χ4v) is 4.90. The standard InChI is InChI=1S/C22H24ClN3O3S/c23-18-7-5-16(6-8-18)20(27)26-9-1-3-17(15-26)21(28)24-10-12-25(13-11-24)22(29)19-4-2-14-30-19/h2,4-8,14,17H,1,3,9-13,15H2/t17-/m0/s1. The molecule has 1 aromatic carbocycles. The van der Waals surface area contributed by atoms with Crippen LogP contribution in [0.4, 0.5) is 0 Å². The van der Waals surface area contributed by atoms with E-state index in [1.807, 2.05) is 27.3 Å². The molecule has 4 rings (SSSR count). The van der Waals surface area contributed by atoms with Crippen LogP contribution in [0.2, 0.25) is 5.02 Å². The van der Waals surface area contributed by atoms with Crippen molar-refractivity contribution in [3.8, 4) is 0 Å². The molecule has 3 heterocycles. The monoisotopic (exact) mass is 445 g/mol. The van der Waals surface area contributed by atoms with Crippen LogP contribution in [-0.4, -0.2) is 71.7 Å². The number of hydrogen-bond donors (Lipinski definition) is 0. The molecule has 158 valence electrons. The van der Waals surface area contributed by atoms with Crippen molar-refractivity contribution < 1.29 is 14.4 Å². The fourth-order valence-electron chi connectivity index (χ4n) is 4.08. The average molecular weight is 446 g/mol. The van der Waals surface area contributed by atoms with E-state index in [0.717, 1.165) is 17.7 Å². The summed E-state index contributed by atoms with van der Waals surface area (Å²) in [5.41, 5.74) is 0.591. The molecule has 2 saturated heterocycles. The number of hydrogen-bond acceptors (Lipinski definition) is 4. The van der Waals surface area contributed by atoms with Gasteiger partial charge in [0, 0.05) is 49.9 Å². The largest absolute Gasteiger partial charge is 0.339 e. The van der Waals surface area contributed by atoms with E-state index in [2.05, 4.69) is 0 Å². The van der Waals surface area contributed by atoms with Gasteiger partial charge >= 0.3 is 0 Å². The SMILES string of the molecule is O=C(c1ccc(Cl)cc1)N1CCC[C@H](C(=O)N2CCN(C(=O)c3cccs3)CC2)C1. The Labute approximate surface area is 185 Å². The molecule has 0 radical (unpaired) electrons. The summed E-state index contributed by atoms with van der Waals surface area (Å²) in [6.07, 6.45) is 1.60. The van der Waals surface area contributed by atoms with Gasteiger partial charge in [-0.1, -0.05) is 17.7 Å². The van der Waals surface area contributed by atoms with Crippen LogP contribution in [0.15, 0.2) is 41.8 Å². The van der Waals surface area contributed by atoms with Gasteiger partial charge in [-0.25, -0.2) is 0 Å². The lowest BCUT2D eigenvalue weighted by molar-refractivity contribution is -0.138. The van der Waals surface area contributed by atoms with Crippen molar-refractivity contribution in [2.45, 2.75) is 12.8 Å². The summed E-state index contributed by atoms with van der Waals surface area (Å²) in [4.78, 5) is 44.5. The molecule has 2 aliphatic rings. The van der Waals surface area contributed by atoms with E-state index in [1.54, 1.807) is 29.2 Å². The number of carbonyl (C=O) groups excluding carboxylic acids is 3. The first-order chi connectivity index (χ1) is 14.5. The van der Waals surface area contributed by atoms with Crippen LogP contribution in [-0.2, 0) is 4.79 Å². The van der Waals surface area contributed by atoms with Crippen LogP contribution < -0.4 is 0 Å². The van der Waals surface area contributed by atoms with Crippen LogP contribution in [0.5, 0.6) is 0 Å². The fraction of sp³-hybridized carbons (Fsp3) is 0.409. The first-order valence-electron chi connectivity index (χ1n) is 10.2. The van der Waals surface area contributed by atoms with Gasteiger partial charge < -0.3 is 14.7 Å². The Hall–Kier alpha value is -2.38. The minimum atomic E-state index is -0.186. The number of thiophene rings is 1. The molecular weight excluding hydrogens is 422 g/mol. The van der Waals surface area contributed by atoms with Gasteiger partial charge in [-0.05, 0) is 48.6 Å². The molecule has 2 aliphatic heterocycles. The molecule has 0 bridgehead atoms. The molecule has 2 aromatic rings. The highest BCUT2D eigenvalue weighted by Gasteiger charge is 2.33. The van der Waals surface area contributed by atoms with Gasteiger partial charge in [0.15, 0.2) is 0 Å². The van der Waals surface area contributed by atoms with Crippen molar-refractivity contribution in [3.05, 3.63) is 57.2 Å². The van der Waals surface area contributed by atoms with Crippen molar-refractivity contribution in [2.75, 3.05) is 39.3 Å². The molecule has 0 saturated carbocycles. The summed E-state index contributed by atoms with van der Waals surface area (Å²) in [7, 11) is 0. The predicted molar refractivity (Wildman–Crippen MR) is 117 cm³/mol. The summed E-state index contributed by atoms with van der Waals surface area (Å²) < 4.78 is 0. The Morgan fingerprint density at radius 1 is 0.867 bits per heavy atom. The van der Waals surface area contributed by atoms with E-state index in [9.17, 15) is 14.4 Å². The zero-order valence-electron chi connectivity index (χ0n) is 16.6. The third-order valence-electron chi connectivity index (χ3n) is 5.76. The lowest BCUT2D eigenvalue weighted by Gasteiger charge is -2.39. The zero-order valence-corrected chi connectivity index (χ0v) is 18.2. The van der Waals surface area contributed by atoms with Crippen molar-refractivity contribution in [2.24, 2.45) is 5.92 Å². The molecule has 3 amide bonds. The minimum absolute atomic E-state index is 0.0366. The highest BCUT2D eigenvalue weighted by atomic mass is 35.5. The third-order valence-corrected chi connectivity index (χ3v) is 6.87. The number of likely N-dealkylation sites (tertiary alicyclic amines) is 1.